The van der Waals surface area contributed by atoms with Crippen LogP contribution < -0.4 is 9.47 Å². The van der Waals surface area contributed by atoms with E-state index in [0.29, 0.717) is 6.04 Å². The van der Waals surface area contributed by atoms with E-state index in [2.05, 4.69) is 43.2 Å². The fourth-order valence-electron chi connectivity index (χ4n) is 8.59. The Hall–Kier alpha value is -1.56. The lowest BCUT2D eigenvalue weighted by Crippen LogP contribution is -2.80. The minimum absolute atomic E-state index is 0.0241. The maximum Gasteiger partial charge on any atom is 0.166 e. The van der Waals surface area contributed by atoms with Crippen LogP contribution in [0.25, 0.3) is 0 Å². The molecule has 0 aromatic heterocycles. The van der Waals surface area contributed by atoms with Gasteiger partial charge < -0.3 is 24.2 Å². The summed E-state index contributed by atoms with van der Waals surface area (Å²) in [5.74, 6) is 1.71. The number of benzene rings is 1. The molecule has 4 bridgehead atoms. The highest BCUT2D eigenvalue weighted by Gasteiger charge is 2.80. The summed E-state index contributed by atoms with van der Waals surface area (Å²) in [4.78, 5) is 2.55. The minimum atomic E-state index is -0.820. The summed E-state index contributed by atoms with van der Waals surface area (Å²) < 4.78 is 19.1. The van der Waals surface area contributed by atoms with Gasteiger partial charge in [-0.25, -0.2) is 0 Å². The van der Waals surface area contributed by atoms with E-state index in [9.17, 15) is 5.11 Å². The SMILES string of the molecule is CCC[C@@](C)(O)[C@H]1C[C@@]23C=C[C@]1(OC)[C@@H]1Oc4c(OC)ccc5c4[C@@]12CCN(C)[C@@H]3C5. The Morgan fingerprint density at radius 1 is 1.29 bits per heavy atom. The molecule has 0 amide bonds. The van der Waals surface area contributed by atoms with Gasteiger partial charge in [-0.1, -0.05) is 31.6 Å². The molecule has 5 nitrogen and oxygen atoms in total. The van der Waals surface area contributed by atoms with Gasteiger partial charge in [0.1, 0.15) is 11.7 Å². The molecule has 2 spiro atoms. The molecular weight excluding hydrogens is 390 g/mol. The van der Waals surface area contributed by atoms with Crippen LogP contribution in [-0.2, 0) is 16.6 Å². The van der Waals surface area contributed by atoms with Crippen molar-refractivity contribution in [1.29, 1.82) is 0 Å². The van der Waals surface area contributed by atoms with Gasteiger partial charge in [0.2, 0.25) is 0 Å². The van der Waals surface area contributed by atoms with Crippen molar-refractivity contribution in [2.75, 3.05) is 27.8 Å². The van der Waals surface area contributed by atoms with Crippen molar-refractivity contribution in [3.05, 3.63) is 35.4 Å². The Balaban J connectivity index is 1.66. The van der Waals surface area contributed by atoms with Crippen molar-refractivity contribution in [3.8, 4) is 11.5 Å². The van der Waals surface area contributed by atoms with E-state index >= 15 is 0 Å². The molecule has 1 N–H and O–H groups in total. The average Bonchev–Trinajstić information content (AvgIpc) is 3.13. The van der Waals surface area contributed by atoms with Crippen LogP contribution in [0.3, 0.4) is 0 Å². The van der Waals surface area contributed by atoms with Crippen LogP contribution in [0.1, 0.15) is 50.7 Å². The van der Waals surface area contributed by atoms with E-state index in [1.165, 1.54) is 11.1 Å². The first-order chi connectivity index (χ1) is 14.8. The van der Waals surface area contributed by atoms with Crippen molar-refractivity contribution in [2.45, 2.75) is 74.7 Å². The molecule has 1 saturated carbocycles. The van der Waals surface area contributed by atoms with E-state index in [4.69, 9.17) is 14.2 Å². The third-order valence-corrected chi connectivity index (χ3v) is 9.78. The molecule has 2 heterocycles. The normalized spacial score (nSPS) is 43.4. The quantitative estimate of drug-likeness (QED) is 0.732. The van der Waals surface area contributed by atoms with E-state index < -0.39 is 11.2 Å². The molecule has 0 unspecified atom stereocenters. The Labute approximate surface area is 185 Å². The Morgan fingerprint density at radius 2 is 2.10 bits per heavy atom. The smallest absolute Gasteiger partial charge is 0.166 e. The number of hydrogen-bond donors (Lipinski definition) is 1. The zero-order valence-electron chi connectivity index (χ0n) is 19.4. The second-order valence-corrected chi connectivity index (χ2v) is 10.8. The Kier molecular flexibility index (Phi) is 3.93. The first-order valence-electron chi connectivity index (χ1n) is 11.9. The summed E-state index contributed by atoms with van der Waals surface area (Å²) in [5.41, 5.74) is 1.08. The second kappa shape index (κ2) is 6.06. The molecule has 1 saturated heterocycles. The van der Waals surface area contributed by atoms with Gasteiger partial charge >= 0.3 is 0 Å². The summed E-state index contributed by atoms with van der Waals surface area (Å²) >= 11 is 0. The Bertz CT molecular complexity index is 972. The van der Waals surface area contributed by atoms with Gasteiger partial charge in [0.05, 0.1) is 18.1 Å². The van der Waals surface area contributed by atoms with Crippen LogP contribution in [0.4, 0.5) is 0 Å². The molecule has 5 heteroatoms. The molecule has 7 atom stereocenters. The monoisotopic (exact) mass is 425 g/mol. The standard InChI is InChI=1S/C26H35NO4/c1-6-9-23(2,28)18-15-24-10-11-26(18,30-5)22-25(24)12-13-27(3)19(24)14-16-7-8-17(29-4)21(31-22)20(16)25/h7-8,10-11,18-19,22,28H,6,9,12-15H2,1-5H3/t18-,19-,22-,23-,24-,25+,26-/m1/s1. The lowest BCUT2D eigenvalue weighted by Gasteiger charge is -2.72. The number of aliphatic hydroxyl groups is 1. The van der Waals surface area contributed by atoms with Crippen LogP contribution in [-0.4, -0.2) is 61.2 Å². The summed E-state index contributed by atoms with van der Waals surface area (Å²) in [7, 11) is 5.80. The molecule has 1 aromatic carbocycles. The van der Waals surface area contributed by atoms with E-state index in [-0.39, 0.29) is 22.9 Å². The molecule has 31 heavy (non-hydrogen) atoms. The topological polar surface area (TPSA) is 51.2 Å². The predicted octanol–water partition coefficient (Wildman–Crippen LogP) is 3.47. The van der Waals surface area contributed by atoms with Gasteiger partial charge in [0.15, 0.2) is 11.5 Å². The summed E-state index contributed by atoms with van der Waals surface area (Å²) in [5, 5.41) is 11.7. The number of likely N-dealkylation sites (N-methyl/N-ethyl adjacent to an activating group) is 1. The maximum atomic E-state index is 11.7. The molecule has 1 aromatic rings. The number of methoxy groups -OCH3 is 2. The fourth-order valence-corrected chi connectivity index (χ4v) is 8.59. The van der Waals surface area contributed by atoms with Gasteiger partial charge in [-0.05, 0) is 57.8 Å². The molecular formula is C26H35NO4. The molecule has 0 radical (unpaired) electrons. The maximum absolute atomic E-state index is 11.7. The van der Waals surface area contributed by atoms with Gasteiger partial charge in [-0.3, -0.25) is 0 Å². The lowest BCUT2D eigenvalue weighted by molar-refractivity contribution is -0.247. The first kappa shape index (κ1) is 20.1. The number of fused-ring (bicyclic) bond motifs is 1. The van der Waals surface area contributed by atoms with Gasteiger partial charge in [0, 0.05) is 30.0 Å². The predicted molar refractivity (Wildman–Crippen MR) is 119 cm³/mol. The van der Waals surface area contributed by atoms with Crippen molar-refractivity contribution in [3.63, 3.8) is 0 Å². The van der Waals surface area contributed by atoms with Crippen molar-refractivity contribution in [2.24, 2.45) is 11.3 Å². The summed E-state index contributed by atoms with van der Waals surface area (Å²) in [6, 6.07) is 4.71. The van der Waals surface area contributed by atoms with Crippen LogP contribution in [0.2, 0.25) is 0 Å². The van der Waals surface area contributed by atoms with Crippen molar-refractivity contribution >= 4 is 0 Å². The Morgan fingerprint density at radius 3 is 2.81 bits per heavy atom. The van der Waals surface area contributed by atoms with E-state index in [1.807, 2.05) is 6.92 Å². The number of piperidine rings is 1. The second-order valence-electron chi connectivity index (χ2n) is 10.8. The van der Waals surface area contributed by atoms with Gasteiger partial charge in [-0.15, -0.1) is 0 Å². The highest BCUT2D eigenvalue weighted by Crippen LogP contribution is 2.75. The van der Waals surface area contributed by atoms with Crippen LogP contribution in [0.5, 0.6) is 11.5 Å². The average molecular weight is 426 g/mol. The molecule has 168 valence electrons. The fraction of sp³-hybridized carbons (Fsp3) is 0.692. The highest BCUT2D eigenvalue weighted by atomic mass is 16.6. The zero-order valence-corrected chi connectivity index (χ0v) is 19.4. The third-order valence-electron chi connectivity index (χ3n) is 9.78. The first-order valence-corrected chi connectivity index (χ1v) is 11.9. The number of rotatable bonds is 5. The minimum Gasteiger partial charge on any atom is -0.493 e. The van der Waals surface area contributed by atoms with Gasteiger partial charge in [0.25, 0.3) is 0 Å². The molecule has 7 rings (SSSR count). The van der Waals surface area contributed by atoms with Crippen LogP contribution in [0.15, 0.2) is 24.3 Å². The summed E-state index contributed by atoms with van der Waals surface area (Å²) in [6.07, 6.45) is 9.25. The van der Waals surface area contributed by atoms with Crippen LogP contribution >= 0.6 is 0 Å². The summed E-state index contributed by atoms with van der Waals surface area (Å²) in [6.45, 7) is 5.20. The molecule has 4 aliphatic carbocycles. The lowest BCUT2D eigenvalue weighted by atomic mass is 9.36. The zero-order chi connectivity index (χ0) is 21.8. The van der Waals surface area contributed by atoms with E-state index in [0.717, 1.165) is 50.1 Å². The molecule has 2 fully saturated rings. The number of nitrogens with zero attached hydrogens (tertiary/aromatic N) is 1. The highest BCUT2D eigenvalue weighted by molar-refractivity contribution is 5.65. The number of hydrogen-bond acceptors (Lipinski definition) is 5. The molecule has 6 aliphatic rings. The van der Waals surface area contributed by atoms with Crippen molar-refractivity contribution in [1.82, 2.24) is 4.90 Å². The third kappa shape index (κ3) is 2.01. The number of likely N-dealkylation sites (tertiary alicyclic amines) is 1. The van der Waals surface area contributed by atoms with Crippen molar-refractivity contribution < 1.29 is 19.3 Å². The molecule has 2 aliphatic heterocycles. The largest absolute Gasteiger partial charge is 0.493 e. The van der Waals surface area contributed by atoms with E-state index in [1.54, 1.807) is 14.2 Å². The number of ether oxygens (including phenoxy) is 3. The van der Waals surface area contributed by atoms with Crippen LogP contribution in [0, 0.1) is 11.3 Å². The van der Waals surface area contributed by atoms with Gasteiger partial charge in [-0.2, -0.15) is 0 Å².